The molecular weight excluding hydrogens is 482 g/mol. The van der Waals surface area contributed by atoms with E-state index in [0.29, 0.717) is 17.7 Å². The lowest BCUT2D eigenvalue weighted by Gasteiger charge is -2.17. The van der Waals surface area contributed by atoms with Gasteiger partial charge in [-0.05, 0) is 39.7 Å². The molecular formula is C18H15Br2N3O2S. The van der Waals surface area contributed by atoms with Crippen molar-refractivity contribution in [1.29, 1.82) is 0 Å². The molecule has 0 unspecified atom stereocenters. The summed E-state index contributed by atoms with van der Waals surface area (Å²) >= 11 is 8.20. The van der Waals surface area contributed by atoms with Crippen LogP contribution in [0.3, 0.4) is 0 Å². The topological polar surface area (TPSA) is 59.2 Å². The molecule has 0 bridgehead atoms. The average molecular weight is 497 g/mol. The number of hydrogen-bond acceptors (Lipinski definition) is 5. The SMILES string of the molecule is CN(Cc1ccccc1Br)C(=O)CSc1nnc(-c2ccccc2Br)o1. The van der Waals surface area contributed by atoms with Gasteiger partial charge in [-0.1, -0.05) is 58.0 Å². The van der Waals surface area contributed by atoms with Crippen LogP contribution in [0.15, 0.2) is 67.1 Å². The van der Waals surface area contributed by atoms with Gasteiger partial charge in [0.05, 0.1) is 11.3 Å². The van der Waals surface area contributed by atoms with E-state index in [1.165, 1.54) is 11.8 Å². The summed E-state index contributed by atoms with van der Waals surface area (Å²) in [6.07, 6.45) is 0. The number of carbonyl (C=O) groups is 1. The first-order valence-electron chi connectivity index (χ1n) is 7.73. The highest BCUT2D eigenvalue weighted by atomic mass is 79.9. The fourth-order valence-corrected chi connectivity index (χ4v) is 3.78. The van der Waals surface area contributed by atoms with Crippen LogP contribution >= 0.6 is 43.6 Å². The molecule has 0 fully saturated rings. The third kappa shape index (κ3) is 4.75. The second kappa shape index (κ2) is 8.83. The highest BCUT2D eigenvalue weighted by molar-refractivity contribution is 9.10. The fourth-order valence-electron chi connectivity index (χ4n) is 2.22. The standard InChI is InChI=1S/C18H15Br2N3O2S/c1-23(10-12-6-2-4-8-14(12)19)16(24)11-26-18-22-21-17(25-18)13-7-3-5-9-15(13)20/h2-9H,10-11H2,1H3. The molecule has 0 saturated carbocycles. The third-order valence-corrected chi connectivity index (χ3v) is 5.89. The van der Waals surface area contributed by atoms with Gasteiger partial charge in [0, 0.05) is 22.5 Å². The van der Waals surface area contributed by atoms with Crippen molar-refractivity contribution in [3.05, 3.63) is 63.0 Å². The lowest BCUT2D eigenvalue weighted by molar-refractivity contribution is -0.127. The second-order valence-electron chi connectivity index (χ2n) is 5.48. The summed E-state index contributed by atoms with van der Waals surface area (Å²) in [6, 6.07) is 15.5. The van der Waals surface area contributed by atoms with Gasteiger partial charge in [-0.15, -0.1) is 10.2 Å². The van der Waals surface area contributed by atoms with E-state index in [0.717, 1.165) is 20.1 Å². The van der Waals surface area contributed by atoms with Crippen LogP contribution in [0, 0.1) is 0 Å². The largest absolute Gasteiger partial charge is 0.411 e. The molecule has 1 heterocycles. The fraction of sp³-hybridized carbons (Fsp3) is 0.167. The van der Waals surface area contributed by atoms with Crippen LogP contribution in [0.5, 0.6) is 0 Å². The lowest BCUT2D eigenvalue weighted by atomic mass is 10.2. The van der Waals surface area contributed by atoms with E-state index in [2.05, 4.69) is 42.1 Å². The first-order chi connectivity index (χ1) is 12.5. The number of benzene rings is 2. The van der Waals surface area contributed by atoms with Gasteiger partial charge in [0.25, 0.3) is 5.22 Å². The van der Waals surface area contributed by atoms with E-state index in [4.69, 9.17) is 4.42 Å². The molecule has 0 aliphatic carbocycles. The zero-order chi connectivity index (χ0) is 18.5. The van der Waals surface area contributed by atoms with Crippen molar-refractivity contribution in [3.8, 4) is 11.5 Å². The number of nitrogens with zero attached hydrogens (tertiary/aromatic N) is 3. The number of rotatable bonds is 6. The number of halogens is 2. The molecule has 3 rings (SSSR count). The van der Waals surface area contributed by atoms with Crippen molar-refractivity contribution in [2.75, 3.05) is 12.8 Å². The van der Waals surface area contributed by atoms with Crippen molar-refractivity contribution in [3.63, 3.8) is 0 Å². The molecule has 0 aliphatic heterocycles. The molecule has 1 amide bonds. The van der Waals surface area contributed by atoms with Crippen LogP contribution in [0.2, 0.25) is 0 Å². The molecule has 2 aromatic carbocycles. The van der Waals surface area contributed by atoms with Crippen molar-refractivity contribution in [2.24, 2.45) is 0 Å². The minimum atomic E-state index is -0.00797. The molecule has 0 radical (unpaired) electrons. The minimum absolute atomic E-state index is 0.00797. The third-order valence-electron chi connectivity index (χ3n) is 3.62. The van der Waals surface area contributed by atoms with Crippen LogP contribution < -0.4 is 0 Å². The summed E-state index contributed by atoms with van der Waals surface area (Å²) in [5.41, 5.74) is 1.88. The molecule has 0 saturated heterocycles. The van der Waals surface area contributed by atoms with Gasteiger partial charge < -0.3 is 9.32 Å². The molecule has 134 valence electrons. The Kier molecular flexibility index (Phi) is 6.50. The van der Waals surface area contributed by atoms with E-state index in [9.17, 15) is 4.79 Å². The highest BCUT2D eigenvalue weighted by Gasteiger charge is 2.15. The average Bonchev–Trinajstić information content (AvgIpc) is 3.10. The highest BCUT2D eigenvalue weighted by Crippen LogP contribution is 2.29. The number of thioether (sulfide) groups is 1. The maximum Gasteiger partial charge on any atom is 0.277 e. The Bertz CT molecular complexity index is 917. The summed E-state index contributed by atoms with van der Waals surface area (Å²) in [6.45, 7) is 0.535. The number of aromatic nitrogens is 2. The zero-order valence-electron chi connectivity index (χ0n) is 13.9. The first-order valence-corrected chi connectivity index (χ1v) is 10.3. The van der Waals surface area contributed by atoms with Gasteiger partial charge in [0.2, 0.25) is 11.8 Å². The first kappa shape index (κ1) is 19.1. The Balaban J connectivity index is 1.58. The van der Waals surface area contributed by atoms with Crippen molar-refractivity contribution >= 4 is 49.5 Å². The van der Waals surface area contributed by atoms with Gasteiger partial charge in [0.1, 0.15) is 0 Å². The molecule has 0 spiro atoms. The lowest BCUT2D eigenvalue weighted by Crippen LogP contribution is -2.27. The Labute approximate surface area is 172 Å². The smallest absolute Gasteiger partial charge is 0.277 e. The van der Waals surface area contributed by atoms with Crippen LogP contribution in [0.25, 0.3) is 11.5 Å². The van der Waals surface area contributed by atoms with E-state index in [1.54, 1.807) is 11.9 Å². The van der Waals surface area contributed by atoms with Gasteiger partial charge in [0.15, 0.2) is 0 Å². The zero-order valence-corrected chi connectivity index (χ0v) is 17.8. The van der Waals surface area contributed by atoms with Crippen LogP contribution in [-0.2, 0) is 11.3 Å². The van der Waals surface area contributed by atoms with Gasteiger partial charge in [-0.2, -0.15) is 0 Å². The molecule has 3 aromatic rings. The summed E-state index contributed by atoms with van der Waals surface area (Å²) < 4.78 is 7.52. The van der Waals surface area contributed by atoms with E-state index in [1.807, 2.05) is 48.5 Å². The molecule has 8 heteroatoms. The summed E-state index contributed by atoms with van der Waals surface area (Å²) in [7, 11) is 1.78. The Hall–Kier alpha value is -1.64. The Morgan fingerprint density at radius 2 is 1.77 bits per heavy atom. The van der Waals surface area contributed by atoms with E-state index < -0.39 is 0 Å². The van der Waals surface area contributed by atoms with Crippen molar-refractivity contribution in [2.45, 2.75) is 11.8 Å². The molecule has 5 nitrogen and oxygen atoms in total. The van der Waals surface area contributed by atoms with Gasteiger partial charge in [-0.25, -0.2) is 0 Å². The maximum absolute atomic E-state index is 12.4. The van der Waals surface area contributed by atoms with Crippen LogP contribution in [0.4, 0.5) is 0 Å². The second-order valence-corrected chi connectivity index (χ2v) is 8.12. The van der Waals surface area contributed by atoms with Gasteiger partial charge in [-0.3, -0.25) is 4.79 Å². The summed E-state index contributed by atoms with van der Waals surface area (Å²) in [5, 5.41) is 8.43. The van der Waals surface area contributed by atoms with E-state index in [-0.39, 0.29) is 11.7 Å². The molecule has 26 heavy (non-hydrogen) atoms. The molecule has 0 atom stereocenters. The minimum Gasteiger partial charge on any atom is -0.411 e. The Morgan fingerprint density at radius 1 is 1.08 bits per heavy atom. The molecule has 0 N–H and O–H groups in total. The predicted molar refractivity (Wildman–Crippen MR) is 109 cm³/mol. The normalized spacial score (nSPS) is 10.7. The number of amides is 1. The number of carbonyl (C=O) groups excluding carboxylic acids is 1. The maximum atomic E-state index is 12.4. The Morgan fingerprint density at radius 3 is 2.50 bits per heavy atom. The van der Waals surface area contributed by atoms with Crippen molar-refractivity contribution in [1.82, 2.24) is 15.1 Å². The molecule has 0 aliphatic rings. The van der Waals surface area contributed by atoms with E-state index >= 15 is 0 Å². The van der Waals surface area contributed by atoms with Crippen LogP contribution in [-0.4, -0.2) is 33.8 Å². The summed E-state index contributed by atoms with van der Waals surface area (Å²) in [4.78, 5) is 14.0. The van der Waals surface area contributed by atoms with Crippen molar-refractivity contribution < 1.29 is 9.21 Å². The monoisotopic (exact) mass is 495 g/mol. The van der Waals surface area contributed by atoms with Gasteiger partial charge >= 0.3 is 0 Å². The van der Waals surface area contributed by atoms with Crippen LogP contribution in [0.1, 0.15) is 5.56 Å². The quantitative estimate of drug-likeness (QED) is 0.449. The molecule has 1 aromatic heterocycles. The summed E-state index contributed by atoms with van der Waals surface area (Å²) in [5.74, 6) is 0.652. The number of hydrogen-bond donors (Lipinski definition) is 0. The predicted octanol–water partition coefficient (Wildman–Crippen LogP) is 5.01.